The van der Waals surface area contributed by atoms with Crippen LogP contribution in [0.3, 0.4) is 0 Å². The van der Waals surface area contributed by atoms with Crippen molar-refractivity contribution in [2.24, 2.45) is 5.41 Å². The molecule has 0 aromatic rings. The molecular weight excluding hydrogens is 238 g/mol. The number of nitrogens with one attached hydrogen (secondary N) is 1. The highest BCUT2D eigenvalue weighted by Gasteiger charge is 2.42. The zero-order valence-electron chi connectivity index (χ0n) is 13.1. The van der Waals surface area contributed by atoms with Crippen molar-refractivity contribution < 1.29 is 4.79 Å². The molecule has 0 aromatic carbocycles. The van der Waals surface area contributed by atoms with Crippen LogP contribution in [0.2, 0.25) is 0 Å². The van der Waals surface area contributed by atoms with Crippen molar-refractivity contribution in [3.05, 3.63) is 0 Å². The minimum atomic E-state index is -0.0636. The first-order chi connectivity index (χ1) is 8.73. The molecule has 2 heterocycles. The van der Waals surface area contributed by atoms with Gasteiger partial charge in [-0.2, -0.15) is 0 Å². The van der Waals surface area contributed by atoms with E-state index in [1.165, 1.54) is 6.42 Å². The summed E-state index contributed by atoms with van der Waals surface area (Å²) in [7, 11) is 0. The highest BCUT2D eigenvalue weighted by Crippen LogP contribution is 2.30. The van der Waals surface area contributed by atoms with Crippen molar-refractivity contribution in [1.82, 2.24) is 15.1 Å². The Labute approximate surface area is 117 Å². The second kappa shape index (κ2) is 5.06. The Morgan fingerprint density at radius 3 is 2.47 bits per heavy atom. The van der Waals surface area contributed by atoms with E-state index in [4.69, 9.17) is 0 Å². The summed E-state index contributed by atoms with van der Waals surface area (Å²) in [5, 5.41) is 3.44. The quantitative estimate of drug-likeness (QED) is 0.837. The number of carbonyl (C=O) groups is 1. The Balaban J connectivity index is 2.05. The van der Waals surface area contributed by atoms with Gasteiger partial charge in [-0.15, -0.1) is 0 Å². The number of hydrogen-bond acceptors (Lipinski definition) is 3. The first-order valence-electron chi connectivity index (χ1n) is 7.49. The first-order valence-corrected chi connectivity index (χ1v) is 7.49. The zero-order valence-corrected chi connectivity index (χ0v) is 13.1. The third-order valence-electron chi connectivity index (χ3n) is 4.47. The van der Waals surface area contributed by atoms with E-state index < -0.39 is 0 Å². The minimum absolute atomic E-state index is 0.0636. The van der Waals surface area contributed by atoms with Gasteiger partial charge in [-0.25, -0.2) is 0 Å². The monoisotopic (exact) mass is 267 g/mol. The van der Waals surface area contributed by atoms with E-state index >= 15 is 0 Å². The van der Waals surface area contributed by atoms with Crippen LogP contribution in [0.4, 0.5) is 0 Å². The molecule has 2 saturated heterocycles. The lowest BCUT2D eigenvalue weighted by Crippen LogP contribution is -2.64. The van der Waals surface area contributed by atoms with Gasteiger partial charge in [-0.1, -0.05) is 6.92 Å². The fourth-order valence-electron chi connectivity index (χ4n) is 3.93. The second-order valence-electron chi connectivity index (χ2n) is 7.55. The predicted molar refractivity (Wildman–Crippen MR) is 78.1 cm³/mol. The normalized spacial score (nSPS) is 32.3. The summed E-state index contributed by atoms with van der Waals surface area (Å²) < 4.78 is 0. The third-order valence-corrected chi connectivity index (χ3v) is 4.47. The topological polar surface area (TPSA) is 35.6 Å². The van der Waals surface area contributed by atoms with Crippen molar-refractivity contribution in [3.63, 3.8) is 0 Å². The summed E-state index contributed by atoms with van der Waals surface area (Å²) in [4.78, 5) is 16.8. The Hall–Kier alpha value is -0.610. The van der Waals surface area contributed by atoms with Crippen LogP contribution < -0.4 is 5.32 Å². The Kier molecular flexibility index (Phi) is 3.94. The zero-order chi connectivity index (χ0) is 14.3. The molecule has 2 rings (SSSR count). The van der Waals surface area contributed by atoms with Gasteiger partial charge in [-0.3, -0.25) is 9.69 Å². The minimum Gasteiger partial charge on any atom is -0.333 e. The second-order valence-corrected chi connectivity index (χ2v) is 7.55. The molecule has 0 spiro atoms. The smallest absolute Gasteiger partial charge is 0.237 e. The molecule has 0 bridgehead atoms. The number of hydrogen-bond donors (Lipinski definition) is 1. The standard InChI is InChI=1S/C15H29N3O/c1-12(2)18-13(19)8-17(10-14(18,3)4)11-15(5)6-7-16-9-15/h12,16H,6-11H2,1-5H3. The lowest BCUT2D eigenvalue weighted by atomic mass is 9.87. The van der Waals surface area contributed by atoms with Gasteiger partial charge in [0.2, 0.25) is 5.91 Å². The maximum absolute atomic E-state index is 12.4. The number of carbonyl (C=O) groups excluding carboxylic acids is 1. The molecule has 2 aliphatic heterocycles. The van der Waals surface area contributed by atoms with Crippen LogP contribution in [0, 0.1) is 5.41 Å². The maximum atomic E-state index is 12.4. The van der Waals surface area contributed by atoms with Crippen LogP contribution in [0.15, 0.2) is 0 Å². The van der Waals surface area contributed by atoms with E-state index in [1.807, 2.05) is 0 Å². The third kappa shape index (κ3) is 3.11. The lowest BCUT2D eigenvalue weighted by molar-refractivity contribution is -0.148. The molecule has 110 valence electrons. The van der Waals surface area contributed by atoms with Gasteiger partial charge in [0.25, 0.3) is 0 Å². The Bertz CT molecular complexity index is 345. The van der Waals surface area contributed by atoms with Gasteiger partial charge >= 0.3 is 0 Å². The molecule has 0 saturated carbocycles. The summed E-state index contributed by atoms with van der Waals surface area (Å²) >= 11 is 0. The van der Waals surface area contributed by atoms with Gasteiger partial charge < -0.3 is 10.2 Å². The van der Waals surface area contributed by atoms with Crippen LogP contribution in [0.5, 0.6) is 0 Å². The van der Waals surface area contributed by atoms with Gasteiger partial charge in [0.1, 0.15) is 0 Å². The predicted octanol–water partition coefficient (Wildman–Crippen LogP) is 1.32. The van der Waals surface area contributed by atoms with Crippen molar-refractivity contribution in [2.75, 3.05) is 32.7 Å². The maximum Gasteiger partial charge on any atom is 0.237 e. The fraction of sp³-hybridized carbons (Fsp3) is 0.933. The Morgan fingerprint density at radius 1 is 1.32 bits per heavy atom. The van der Waals surface area contributed by atoms with Crippen LogP contribution in [0.1, 0.15) is 41.0 Å². The molecule has 0 aromatic heterocycles. The van der Waals surface area contributed by atoms with E-state index in [2.05, 4.69) is 49.7 Å². The van der Waals surface area contributed by atoms with Crippen molar-refractivity contribution in [2.45, 2.75) is 52.6 Å². The number of rotatable bonds is 3. The van der Waals surface area contributed by atoms with E-state index in [1.54, 1.807) is 0 Å². The molecule has 0 aliphatic carbocycles. The summed E-state index contributed by atoms with van der Waals surface area (Å²) in [6, 6.07) is 0.286. The fourth-order valence-corrected chi connectivity index (χ4v) is 3.93. The molecule has 1 atom stereocenters. The molecular formula is C15H29N3O. The molecule has 4 heteroatoms. The van der Waals surface area contributed by atoms with Gasteiger partial charge in [-0.05, 0) is 46.1 Å². The van der Waals surface area contributed by atoms with Gasteiger partial charge in [0.15, 0.2) is 0 Å². The molecule has 2 aliphatic rings. The SMILES string of the molecule is CC(C)N1C(=O)CN(CC2(C)CCNC2)CC1(C)C. The van der Waals surface area contributed by atoms with Crippen LogP contribution in [-0.2, 0) is 4.79 Å². The van der Waals surface area contributed by atoms with Crippen molar-refractivity contribution in [1.29, 1.82) is 0 Å². The molecule has 1 amide bonds. The highest BCUT2D eigenvalue weighted by atomic mass is 16.2. The van der Waals surface area contributed by atoms with Crippen LogP contribution >= 0.6 is 0 Å². The van der Waals surface area contributed by atoms with Crippen LogP contribution in [0.25, 0.3) is 0 Å². The molecule has 1 unspecified atom stereocenters. The summed E-state index contributed by atoms with van der Waals surface area (Å²) in [6.07, 6.45) is 1.21. The van der Waals surface area contributed by atoms with E-state index in [0.717, 1.165) is 26.2 Å². The first kappa shape index (κ1) is 14.8. The summed E-state index contributed by atoms with van der Waals surface area (Å²) in [5.41, 5.74) is 0.266. The average molecular weight is 267 g/mol. The molecule has 1 N–H and O–H groups in total. The van der Waals surface area contributed by atoms with Crippen LogP contribution in [-0.4, -0.2) is 60.0 Å². The van der Waals surface area contributed by atoms with Crippen molar-refractivity contribution >= 4 is 5.91 Å². The summed E-state index contributed by atoms with van der Waals surface area (Å²) in [5.74, 6) is 0.279. The van der Waals surface area contributed by atoms with E-state index in [9.17, 15) is 4.79 Å². The molecule has 2 fully saturated rings. The summed E-state index contributed by atoms with van der Waals surface area (Å²) in [6.45, 7) is 15.7. The number of piperazine rings is 1. The molecule has 0 radical (unpaired) electrons. The number of amides is 1. The van der Waals surface area contributed by atoms with Gasteiger partial charge in [0.05, 0.1) is 12.1 Å². The lowest BCUT2D eigenvalue weighted by Gasteiger charge is -2.50. The molecule has 19 heavy (non-hydrogen) atoms. The van der Waals surface area contributed by atoms with E-state index in [-0.39, 0.29) is 17.5 Å². The number of nitrogens with zero attached hydrogens (tertiary/aromatic N) is 2. The largest absolute Gasteiger partial charge is 0.333 e. The van der Waals surface area contributed by atoms with E-state index in [0.29, 0.717) is 12.0 Å². The van der Waals surface area contributed by atoms with Crippen molar-refractivity contribution in [3.8, 4) is 0 Å². The Morgan fingerprint density at radius 2 is 2.00 bits per heavy atom. The average Bonchev–Trinajstić information content (AvgIpc) is 2.60. The molecule has 4 nitrogen and oxygen atoms in total. The van der Waals surface area contributed by atoms with Gasteiger partial charge in [0, 0.05) is 25.7 Å². The highest BCUT2D eigenvalue weighted by molar-refractivity contribution is 5.80.